The third kappa shape index (κ3) is 2.74. The van der Waals surface area contributed by atoms with Crippen LogP contribution in [-0.2, 0) is 14.8 Å². The van der Waals surface area contributed by atoms with E-state index in [1.54, 1.807) is 0 Å². The minimum atomic E-state index is -3.85. The number of benzene rings is 1. The topological polar surface area (TPSA) is 57.7 Å². The number of hydrogen-bond donors (Lipinski definition) is 0. The third-order valence-electron chi connectivity index (χ3n) is 2.95. The van der Waals surface area contributed by atoms with Crippen LogP contribution in [0.5, 0.6) is 0 Å². The smallest absolute Gasteiger partial charge is 0.243 e. The first-order chi connectivity index (χ1) is 8.95. The fraction of sp³-hybridized carbons (Fsp3) is 0.364. The fourth-order valence-electron chi connectivity index (χ4n) is 1.84. The highest BCUT2D eigenvalue weighted by Crippen LogP contribution is 2.19. The van der Waals surface area contributed by atoms with Crippen molar-refractivity contribution in [2.45, 2.75) is 4.90 Å². The fourth-order valence-corrected chi connectivity index (χ4v) is 3.27. The Bertz CT molecular complexity index is 584. The molecule has 2 rings (SSSR count). The molecule has 1 fully saturated rings. The number of nitrogens with zero attached hydrogens (tertiary/aromatic N) is 2. The number of amides is 1. The number of sulfonamides is 1. The summed E-state index contributed by atoms with van der Waals surface area (Å²) in [6.45, 7) is 0.846. The van der Waals surface area contributed by atoms with E-state index >= 15 is 0 Å². The second kappa shape index (κ2) is 5.22. The van der Waals surface area contributed by atoms with Gasteiger partial charge in [-0.2, -0.15) is 4.31 Å². The Morgan fingerprint density at radius 1 is 1.05 bits per heavy atom. The van der Waals surface area contributed by atoms with Crippen molar-refractivity contribution in [3.8, 4) is 0 Å². The predicted octanol–water partition coefficient (Wildman–Crippen LogP) is 0.428. The van der Waals surface area contributed by atoms with Gasteiger partial charge in [-0.25, -0.2) is 17.2 Å². The van der Waals surface area contributed by atoms with Crippen molar-refractivity contribution in [3.05, 3.63) is 29.8 Å². The largest absolute Gasteiger partial charge is 0.343 e. The van der Waals surface area contributed by atoms with Gasteiger partial charge in [0.2, 0.25) is 16.4 Å². The summed E-state index contributed by atoms with van der Waals surface area (Å²) in [6, 6.07) is 2.47. The number of piperazine rings is 1. The van der Waals surface area contributed by atoms with Crippen LogP contribution in [0.25, 0.3) is 0 Å². The molecule has 1 aromatic rings. The van der Waals surface area contributed by atoms with Gasteiger partial charge in [0.1, 0.15) is 0 Å². The van der Waals surface area contributed by atoms with Gasteiger partial charge < -0.3 is 4.90 Å². The summed E-state index contributed by atoms with van der Waals surface area (Å²) in [4.78, 5) is 11.7. The Morgan fingerprint density at radius 2 is 1.68 bits per heavy atom. The standard InChI is InChI=1S/C11H12F2N2O3S/c12-10-2-1-9(7-11(10)13)19(17,18)15-5-3-14(8-16)4-6-15/h1-2,7-8H,3-6H2. The second-order valence-corrected chi connectivity index (χ2v) is 6.06. The molecule has 0 aromatic heterocycles. The molecule has 0 N–H and O–H groups in total. The van der Waals surface area contributed by atoms with Crippen LogP contribution in [0.15, 0.2) is 23.1 Å². The lowest BCUT2D eigenvalue weighted by molar-refractivity contribution is -0.119. The van der Waals surface area contributed by atoms with Gasteiger partial charge in [0.15, 0.2) is 11.6 Å². The molecule has 0 bridgehead atoms. The molecule has 1 heterocycles. The molecular weight excluding hydrogens is 278 g/mol. The molecular formula is C11H12F2N2O3S. The Labute approximate surface area is 109 Å². The maximum absolute atomic E-state index is 13.1. The van der Waals surface area contributed by atoms with Crippen molar-refractivity contribution >= 4 is 16.4 Å². The van der Waals surface area contributed by atoms with Gasteiger partial charge in [0.05, 0.1) is 4.90 Å². The molecule has 0 aliphatic carbocycles. The van der Waals surface area contributed by atoms with Gasteiger partial charge >= 0.3 is 0 Å². The number of carbonyl (C=O) groups is 1. The summed E-state index contributed by atoms with van der Waals surface area (Å²) < 4.78 is 51.4. The summed E-state index contributed by atoms with van der Waals surface area (Å²) in [6.07, 6.45) is 0.654. The van der Waals surface area contributed by atoms with Crippen LogP contribution < -0.4 is 0 Å². The van der Waals surface area contributed by atoms with Gasteiger partial charge in [-0.3, -0.25) is 4.79 Å². The van der Waals surface area contributed by atoms with Gasteiger partial charge in [-0.05, 0) is 18.2 Å². The van der Waals surface area contributed by atoms with Crippen LogP contribution in [0.4, 0.5) is 8.78 Å². The molecule has 0 unspecified atom stereocenters. The van der Waals surface area contributed by atoms with Gasteiger partial charge in [-0.1, -0.05) is 0 Å². The zero-order chi connectivity index (χ0) is 14.0. The molecule has 1 aliphatic rings. The first-order valence-corrected chi connectivity index (χ1v) is 7.03. The average molecular weight is 290 g/mol. The highest BCUT2D eigenvalue weighted by molar-refractivity contribution is 7.89. The highest BCUT2D eigenvalue weighted by Gasteiger charge is 2.28. The van der Waals surface area contributed by atoms with E-state index in [1.165, 1.54) is 4.90 Å². The lowest BCUT2D eigenvalue weighted by atomic mass is 10.3. The summed E-state index contributed by atoms with van der Waals surface area (Å²) >= 11 is 0. The van der Waals surface area contributed by atoms with Crippen molar-refractivity contribution < 1.29 is 22.0 Å². The van der Waals surface area contributed by atoms with E-state index in [1.807, 2.05) is 0 Å². The Balaban J connectivity index is 2.23. The second-order valence-electron chi connectivity index (χ2n) is 4.12. The van der Waals surface area contributed by atoms with E-state index in [4.69, 9.17) is 0 Å². The number of halogens is 2. The quantitative estimate of drug-likeness (QED) is 0.758. The first-order valence-electron chi connectivity index (χ1n) is 5.59. The Kier molecular flexibility index (Phi) is 3.81. The SMILES string of the molecule is O=CN1CCN(S(=O)(=O)c2ccc(F)c(F)c2)CC1. The van der Waals surface area contributed by atoms with Crippen molar-refractivity contribution in [2.24, 2.45) is 0 Å². The number of rotatable bonds is 3. The van der Waals surface area contributed by atoms with E-state index in [2.05, 4.69) is 0 Å². The Hall–Kier alpha value is -1.54. The monoisotopic (exact) mass is 290 g/mol. The molecule has 1 saturated heterocycles. The van der Waals surface area contributed by atoms with Crippen molar-refractivity contribution in [1.29, 1.82) is 0 Å². The van der Waals surface area contributed by atoms with E-state index in [0.717, 1.165) is 16.4 Å². The molecule has 19 heavy (non-hydrogen) atoms. The summed E-state index contributed by atoms with van der Waals surface area (Å²) in [7, 11) is -3.85. The molecule has 104 valence electrons. The Morgan fingerprint density at radius 3 is 2.21 bits per heavy atom. The zero-order valence-electron chi connectivity index (χ0n) is 9.92. The van der Waals surface area contributed by atoms with Crippen molar-refractivity contribution in [2.75, 3.05) is 26.2 Å². The molecule has 1 amide bonds. The van der Waals surface area contributed by atoms with Gasteiger partial charge in [-0.15, -0.1) is 0 Å². The molecule has 0 saturated carbocycles. The maximum atomic E-state index is 13.1. The van der Waals surface area contributed by atoms with Crippen molar-refractivity contribution in [3.63, 3.8) is 0 Å². The van der Waals surface area contributed by atoms with Crippen LogP contribution in [0, 0.1) is 11.6 Å². The third-order valence-corrected chi connectivity index (χ3v) is 4.85. The number of carbonyl (C=O) groups excluding carboxylic acids is 1. The maximum Gasteiger partial charge on any atom is 0.243 e. The molecule has 5 nitrogen and oxygen atoms in total. The normalized spacial score (nSPS) is 17.5. The van der Waals surface area contributed by atoms with Crippen LogP contribution in [-0.4, -0.2) is 50.2 Å². The summed E-state index contributed by atoms with van der Waals surface area (Å²) in [5, 5.41) is 0. The van der Waals surface area contributed by atoms with Gasteiger partial charge in [0, 0.05) is 26.2 Å². The van der Waals surface area contributed by atoms with E-state index in [-0.39, 0.29) is 31.1 Å². The number of hydrogen-bond acceptors (Lipinski definition) is 3. The minimum Gasteiger partial charge on any atom is -0.343 e. The van der Waals surface area contributed by atoms with E-state index in [9.17, 15) is 22.0 Å². The first kappa shape index (κ1) is 13.9. The molecule has 1 aromatic carbocycles. The van der Waals surface area contributed by atoms with Gasteiger partial charge in [0.25, 0.3) is 0 Å². The summed E-state index contributed by atoms with van der Waals surface area (Å²) in [5.74, 6) is -2.29. The minimum absolute atomic E-state index is 0.139. The average Bonchev–Trinajstić information content (AvgIpc) is 2.41. The zero-order valence-corrected chi connectivity index (χ0v) is 10.7. The lowest BCUT2D eigenvalue weighted by Gasteiger charge is -2.31. The molecule has 0 radical (unpaired) electrons. The highest BCUT2D eigenvalue weighted by atomic mass is 32.2. The van der Waals surface area contributed by atoms with Crippen LogP contribution in [0.1, 0.15) is 0 Å². The van der Waals surface area contributed by atoms with Crippen LogP contribution >= 0.6 is 0 Å². The van der Waals surface area contributed by atoms with Crippen LogP contribution in [0.3, 0.4) is 0 Å². The van der Waals surface area contributed by atoms with E-state index in [0.29, 0.717) is 12.5 Å². The predicted molar refractivity (Wildman–Crippen MR) is 62.8 cm³/mol. The van der Waals surface area contributed by atoms with Crippen molar-refractivity contribution in [1.82, 2.24) is 9.21 Å². The lowest BCUT2D eigenvalue weighted by Crippen LogP contribution is -2.47. The summed E-state index contributed by atoms with van der Waals surface area (Å²) in [5.41, 5.74) is 0. The van der Waals surface area contributed by atoms with E-state index < -0.39 is 21.7 Å². The molecule has 0 spiro atoms. The molecule has 8 heteroatoms. The molecule has 1 aliphatic heterocycles. The molecule has 0 atom stereocenters. The van der Waals surface area contributed by atoms with Crippen LogP contribution in [0.2, 0.25) is 0 Å².